The molecule has 0 bridgehead atoms. The summed E-state index contributed by atoms with van der Waals surface area (Å²) in [5.41, 5.74) is 0.562. The molecule has 1 unspecified atom stereocenters. The van der Waals surface area contributed by atoms with Gasteiger partial charge in [-0.1, -0.05) is 20.8 Å². The summed E-state index contributed by atoms with van der Waals surface area (Å²) in [5, 5.41) is 3.54. The van der Waals surface area contributed by atoms with Gasteiger partial charge in [0.1, 0.15) is 0 Å². The van der Waals surface area contributed by atoms with Crippen molar-refractivity contribution in [2.24, 2.45) is 11.3 Å². The lowest BCUT2D eigenvalue weighted by Gasteiger charge is -2.24. The van der Waals surface area contributed by atoms with E-state index in [-0.39, 0.29) is 0 Å². The molecule has 0 aromatic carbocycles. The van der Waals surface area contributed by atoms with Crippen LogP contribution in [0, 0.1) is 11.3 Å². The Kier molecular flexibility index (Phi) is 5.07. The van der Waals surface area contributed by atoms with Crippen LogP contribution in [0.1, 0.15) is 47.0 Å². The molecule has 0 aromatic heterocycles. The summed E-state index contributed by atoms with van der Waals surface area (Å²) in [5.74, 6) is 0.659. The Hall–Kier alpha value is -0.0800. The lowest BCUT2D eigenvalue weighted by atomic mass is 9.94. The summed E-state index contributed by atoms with van der Waals surface area (Å²) in [6.45, 7) is 11.8. The Morgan fingerprint density at radius 1 is 1.27 bits per heavy atom. The van der Waals surface area contributed by atoms with Crippen LogP contribution in [-0.4, -0.2) is 25.8 Å². The van der Waals surface area contributed by atoms with Crippen LogP contribution in [0.5, 0.6) is 0 Å². The van der Waals surface area contributed by atoms with Crippen molar-refractivity contribution in [3.63, 3.8) is 0 Å². The Labute approximate surface area is 94.8 Å². The topological polar surface area (TPSA) is 21.3 Å². The van der Waals surface area contributed by atoms with Crippen molar-refractivity contribution in [3.05, 3.63) is 0 Å². The van der Waals surface area contributed by atoms with Crippen LogP contribution in [0.3, 0.4) is 0 Å². The number of hydrogen-bond donors (Lipinski definition) is 1. The lowest BCUT2D eigenvalue weighted by Crippen LogP contribution is -2.35. The van der Waals surface area contributed by atoms with E-state index in [0.717, 1.165) is 19.8 Å². The second kappa shape index (κ2) is 5.86. The summed E-state index contributed by atoms with van der Waals surface area (Å²) < 4.78 is 5.67. The van der Waals surface area contributed by atoms with Gasteiger partial charge in [0.05, 0.1) is 0 Å². The van der Waals surface area contributed by atoms with E-state index in [1.54, 1.807) is 0 Å². The van der Waals surface area contributed by atoms with Crippen LogP contribution in [0.4, 0.5) is 0 Å². The van der Waals surface area contributed by atoms with Gasteiger partial charge < -0.3 is 10.1 Å². The lowest BCUT2D eigenvalue weighted by molar-refractivity contribution is 0.0900. The van der Waals surface area contributed by atoms with Gasteiger partial charge in [0.25, 0.3) is 0 Å². The second-order valence-electron chi connectivity index (χ2n) is 5.36. The zero-order valence-corrected chi connectivity index (χ0v) is 10.8. The number of ether oxygens (including phenoxy) is 1. The van der Waals surface area contributed by atoms with Crippen molar-refractivity contribution in [2.75, 3.05) is 19.8 Å². The van der Waals surface area contributed by atoms with Gasteiger partial charge >= 0.3 is 0 Å². The maximum atomic E-state index is 5.67. The molecule has 1 aliphatic rings. The fourth-order valence-corrected chi connectivity index (χ4v) is 2.18. The quantitative estimate of drug-likeness (QED) is 0.626. The first-order valence-corrected chi connectivity index (χ1v) is 6.42. The third-order valence-corrected chi connectivity index (χ3v) is 3.52. The van der Waals surface area contributed by atoms with Gasteiger partial charge in [-0.3, -0.25) is 0 Å². The minimum Gasteiger partial charge on any atom is -0.381 e. The van der Waals surface area contributed by atoms with Gasteiger partial charge in [-0.25, -0.2) is 0 Å². The first-order chi connectivity index (χ1) is 7.10. The zero-order valence-electron chi connectivity index (χ0n) is 10.8. The summed E-state index contributed by atoms with van der Waals surface area (Å²) in [6.07, 6.45) is 3.99. The minimum absolute atomic E-state index is 0.562. The van der Waals surface area contributed by atoms with Crippen LogP contribution < -0.4 is 5.32 Å². The predicted molar refractivity (Wildman–Crippen MR) is 65.1 cm³/mol. The van der Waals surface area contributed by atoms with Crippen molar-refractivity contribution in [1.82, 2.24) is 5.32 Å². The van der Waals surface area contributed by atoms with Gasteiger partial charge in [0.15, 0.2) is 0 Å². The van der Waals surface area contributed by atoms with Crippen molar-refractivity contribution in [3.8, 4) is 0 Å². The van der Waals surface area contributed by atoms with E-state index >= 15 is 0 Å². The smallest absolute Gasteiger partial charge is 0.0488 e. The van der Waals surface area contributed by atoms with Crippen LogP contribution in [0.25, 0.3) is 0 Å². The first-order valence-electron chi connectivity index (χ1n) is 6.42. The molecule has 0 aromatic rings. The summed E-state index contributed by atoms with van der Waals surface area (Å²) in [4.78, 5) is 0. The number of hydrogen-bond acceptors (Lipinski definition) is 2. The largest absolute Gasteiger partial charge is 0.381 e. The molecule has 0 radical (unpaired) electrons. The standard InChI is InChI=1S/C13H27NO/c1-5-14-12(4)13(6-7-13)8-9-15-10-11(2)3/h11-12,14H,5-10H2,1-4H3. The van der Waals surface area contributed by atoms with E-state index in [4.69, 9.17) is 4.74 Å². The van der Waals surface area contributed by atoms with Crippen molar-refractivity contribution < 1.29 is 4.74 Å². The van der Waals surface area contributed by atoms with E-state index < -0.39 is 0 Å². The van der Waals surface area contributed by atoms with Crippen molar-refractivity contribution >= 4 is 0 Å². The molecule has 2 heteroatoms. The molecule has 2 nitrogen and oxygen atoms in total. The highest BCUT2D eigenvalue weighted by atomic mass is 16.5. The van der Waals surface area contributed by atoms with Crippen LogP contribution in [-0.2, 0) is 4.74 Å². The van der Waals surface area contributed by atoms with Crippen LogP contribution in [0.15, 0.2) is 0 Å². The molecular formula is C13H27NO. The molecule has 0 amide bonds. The number of rotatable bonds is 8. The molecule has 1 N–H and O–H groups in total. The minimum atomic E-state index is 0.562. The maximum Gasteiger partial charge on any atom is 0.0488 e. The summed E-state index contributed by atoms with van der Waals surface area (Å²) >= 11 is 0. The highest BCUT2D eigenvalue weighted by molar-refractivity contribution is 4.99. The molecule has 0 spiro atoms. The molecule has 0 saturated heterocycles. The normalized spacial score (nSPS) is 20.6. The third-order valence-electron chi connectivity index (χ3n) is 3.52. The Balaban J connectivity index is 2.14. The molecule has 0 aliphatic heterocycles. The monoisotopic (exact) mass is 213 g/mol. The highest BCUT2D eigenvalue weighted by Gasteiger charge is 2.46. The van der Waals surface area contributed by atoms with Crippen molar-refractivity contribution in [2.45, 2.75) is 53.0 Å². The fraction of sp³-hybridized carbons (Fsp3) is 1.00. The predicted octanol–water partition coefficient (Wildman–Crippen LogP) is 2.83. The van der Waals surface area contributed by atoms with Gasteiger partial charge in [-0.2, -0.15) is 0 Å². The van der Waals surface area contributed by atoms with Crippen LogP contribution in [0.2, 0.25) is 0 Å². The van der Waals surface area contributed by atoms with E-state index in [0.29, 0.717) is 17.4 Å². The highest BCUT2D eigenvalue weighted by Crippen LogP contribution is 2.51. The van der Waals surface area contributed by atoms with Gasteiger partial charge in [-0.15, -0.1) is 0 Å². The van der Waals surface area contributed by atoms with Gasteiger partial charge in [0.2, 0.25) is 0 Å². The number of nitrogens with one attached hydrogen (secondary N) is 1. The molecule has 1 atom stereocenters. The van der Waals surface area contributed by atoms with E-state index in [9.17, 15) is 0 Å². The molecule has 0 heterocycles. The SMILES string of the molecule is CCNC(C)C1(CCOCC(C)C)CC1. The van der Waals surface area contributed by atoms with E-state index in [1.807, 2.05) is 0 Å². The van der Waals surface area contributed by atoms with Gasteiger partial charge in [0, 0.05) is 19.3 Å². The van der Waals surface area contributed by atoms with Crippen LogP contribution >= 0.6 is 0 Å². The summed E-state index contributed by atoms with van der Waals surface area (Å²) in [7, 11) is 0. The first kappa shape index (κ1) is 13.0. The molecule has 15 heavy (non-hydrogen) atoms. The van der Waals surface area contributed by atoms with Crippen molar-refractivity contribution in [1.29, 1.82) is 0 Å². The second-order valence-corrected chi connectivity index (χ2v) is 5.36. The molecule has 1 saturated carbocycles. The average Bonchev–Trinajstić information content (AvgIpc) is 2.94. The average molecular weight is 213 g/mol. The fourth-order valence-electron chi connectivity index (χ4n) is 2.18. The molecule has 1 fully saturated rings. The zero-order chi connectivity index (χ0) is 11.3. The molecule has 1 rings (SSSR count). The Morgan fingerprint density at radius 2 is 1.93 bits per heavy atom. The molecule has 90 valence electrons. The molecular weight excluding hydrogens is 186 g/mol. The Bertz CT molecular complexity index is 175. The Morgan fingerprint density at radius 3 is 2.40 bits per heavy atom. The van der Waals surface area contributed by atoms with E-state index in [2.05, 4.69) is 33.0 Å². The maximum absolute atomic E-state index is 5.67. The van der Waals surface area contributed by atoms with E-state index in [1.165, 1.54) is 19.3 Å². The summed E-state index contributed by atoms with van der Waals surface area (Å²) in [6, 6.07) is 0.658. The third kappa shape index (κ3) is 4.12. The molecule has 1 aliphatic carbocycles. The van der Waals surface area contributed by atoms with Gasteiger partial charge in [-0.05, 0) is 44.1 Å².